The van der Waals surface area contributed by atoms with Gasteiger partial charge < -0.3 is 15.2 Å². The molecular formula is C9H17NO7S. The van der Waals surface area contributed by atoms with E-state index in [2.05, 4.69) is 4.18 Å². The minimum Gasteiger partial charge on any atom is -0.480 e. The van der Waals surface area contributed by atoms with Gasteiger partial charge in [0.25, 0.3) is 10.1 Å². The van der Waals surface area contributed by atoms with E-state index in [0.717, 1.165) is 6.26 Å². The molecule has 0 radical (unpaired) electrons. The number of ether oxygens (including phenoxy) is 1. The van der Waals surface area contributed by atoms with Crippen LogP contribution in [0.2, 0.25) is 0 Å². The molecule has 0 aromatic carbocycles. The van der Waals surface area contributed by atoms with E-state index in [0.29, 0.717) is 0 Å². The van der Waals surface area contributed by atoms with Crippen LogP contribution < -0.4 is 5.32 Å². The van der Waals surface area contributed by atoms with Gasteiger partial charge in [0.1, 0.15) is 5.60 Å². The molecule has 1 amide bonds. The predicted molar refractivity (Wildman–Crippen MR) is 61.6 cm³/mol. The Balaban J connectivity index is 4.46. The fraction of sp³-hybridized carbons (Fsp3) is 0.778. The summed E-state index contributed by atoms with van der Waals surface area (Å²) in [7, 11) is -3.78. The van der Waals surface area contributed by atoms with Gasteiger partial charge in [0, 0.05) is 0 Å². The number of carbonyl (C=O) groups excluding carboxylic acids is 1. The number of hydrogen-bond acceptors (Lipinski definition) is 6. The van der Waals surface area contributed by atoms with Crippen LogP contribution in [0.3, 0.4) is 0 Å². The summed E-state index contributed by atoms with van der Waals surface area (Å²) in [4.78, 5) is 22.1. The summed E-state index contributed by atoms with van der Waals surface area (Å²) in [6.45, 7) is 4.12. The average Bonchev–Trinajstić information content (AvgIpc) is 2.06. The van der Waals surface area contributed by atoms with Gasteiger partial charge in [-0.3, -0.25) is 4.18 Å². The van der Waals surface area contributed by atoms with Crippen molar-refractivity contribution in [3.63, 3.8) is 0 Å². The first kappa shape index (κ1) is 16.6. The fourth-order valence-electron chi connectivity index (χ4n) is 0.816. The number of carbonyl (C=O) groups is 2. The zero-order valence-corrected chi connectivity index (χ0v) is 11.4. The van der Waals surface area contributed by atoms with Crippen LogP contribution >= 0.6 is 0 Å². The molecule has 18 heavy (non-hydrogen) atoms. The molecule has 0 aliphatic carbocycles. The fourth-order valence-corrected chi connectivity index (χ4v) is 1.20. The molecule has 0 rings (SSSR count). The van der Waals surface area contributed by atoms with Crippen molar-refractivity contribution in [3.8, 4) is 0 Å². The number of carboxylic acid groups (broad SMARTS) is 1. The molecule has 2 N–H and O–H groups in total. The highest BCUT2D eigenvalue weighted by Crippen LogP contribution is 2.07. The van der Waals surface area contributed by atoms with Gasteiger partial charge in [0.15, 0.2) is 6.04 Å². The first-order valence-electron chi connectivity index (χ1n) is 4.97. The van der Waals surface area contributed by atoms with Crippen LogP contribution in [0.15, 0.2) is 0 Å². The maximum Gasteiger partial charge on any atom is 0.408 e. The minimum absolute atomic E-state index is 0.701. The highest BCUT2D eigenvalue weighted by molar-refractivity contribution is 7.85. The number of carboxylic acids is 1. The van der Waals surface area contributed by atoms with Gasteiger partial charge in [-0.05, 0) is 20.8 Å². The van der Waals surface area contributed by atoms with Crippen molar-refractivity contribution in [2.24, 2.45) is 0 Å². The molecule has 0 aliphatic heterocycles. The molecular weight excluding hydrogens is 266 g/mol. The third kappa shape index (κ3) is 8.76. The molecule has 9 heteroatoms. The van der Waals surface area contributed by atoms with Crippen molar-refractivity contribution >= 4 is 22.2 Å². The van der Waals surface area contributed by atoms with Gasteiger partial charge >= 0.3 is 12.1 Å². The van der Waals surface area contributed by atoms with E-state index < -0.39 is 40.4 Å². The van der Waals surface area contributed by atoms with Gasteiger partial charge in [-0.15, -0.1) is 0 Å². The zero-order chi connectivity index (χ0) is 14.6. The van der Waals surface area contributed by atoms with Crippen LogP contribution in [-0.4, -0.2) is 50.1 Å². The monoisotopic (exact) mass is 283 g/mol. The lowest BCUT2D eigenvalue weighted by molar-refractivity contribution is -0.140. The maximum absolute atomic E-state index is 11.3. The summed E-state index contributed by atoms with van der Waals surface area (Å²) >= 11 is 0. The molecule has 0 bridgehead atoms. The topological polar surface area (TPSA) is 119 Å². The number of alkyl carbamates (subject to hydrolysis) is 1. The summed E-state index contributed by atoms with van der Waals surface area (Å²) < 4.78 is 30.6. The third-order valence-electron chi connectivity index (χ3n) is 1.44. The van der Waals surface area contributed by atoms with Crippen LogP contribution in [0.4, 0.5) is 4.79 Å². The summed E-state index contributed by atoms with van der Waals surface area (Å²) in [6, 6.07) is -1.51. The second-order valence-corrected chi connectivity index (χ2v) is 6.17. The molecule has 0 saturated carbocycles. The minimum atomic E-state index is -3.78. The van der Waals surface area contributed by atoms with Crippen molar-refractivity contribution in [2.75, 3.05) is 12.9 Å². The maximum atomic E-state index is 11.3. The van der Waals surface area contributed by atoms with Crippen molar-refractivity contribution < 1.29 is 32.0 Å². The first-order valence-corrected chi connectivity index (χ1v) is 6.79. The Kier molecular flexibility index (Phi) is 5.55. The molecule has 106 valence electrons. The molecule has 0 heterocycles. The second-order valence-electron chi connectivity index (χ2n) is 4.53. The quantitative estimate of drug-likeness (QED) is 0.678. The number of amides is 1. The Morgan fingerprint density at radius 3 is 2.17 bits per heavy atom. The molecule has 8 nitrogen and oxygen atoms in total. The van der Waals surface area contributed by atoms with Gasteiger partial charge in [-0.25, -0.2) is 9.59 Å². The van der Waals surface area contributed by atoms with Crippen molar-refractivity contribution in [1.29, 1.82) is 0 Å². The largest absolute Gasteiger partial charge is 0.480 e. The van der Waals surface area contributed by atoms with Crippen LogP contribution in [0.25, 0.3) is 0 Å². The van der Waals surface area contributed by atoms with E-state index in [1.807, 2.05) is 5.32 Å². The number of aliphatic carboxylic acids is 1. The Bertz CT molecular complexity index is 409. The Morgan fingerprint density at radius 1 is 1.33 bits per heavy atom. The van der Waals surface area contributed by atoms with Gasteiger partial charge in [-0.1, -0.05) is 0 Å². The lowest BCUT2D eigenvalue weighted by atomic mass is 10.2. The van der Waals surface area contributed by atoms with Crippen LogP contribution in [-0.2, 0) is 23.8 Å². The normalized spacial score (nSPS) is 13.8. The number of rotatable bonds is 5. The smallest absolute Gasteiger partial charge is 0.408 e. The average molecular weight is 283 g/mol. The molecule has 0 aromatic rings. The molecule has 0 unspecified atom stereocenters. The van der Waals surface area contributed by atoms with Gasteiger partial charge in [0.2, 0.25) is 0 Å². The highest BCUT2D eigenvalue weighted by atomic mass is 32.2. The van der Waals surface area contributed by atoms with Gasteiger partial charge in [0.05, 0.1) is 12.9 Å². The second kappa shape index (κ2) is 6.01. The van der Waals surface area contributed by atoms with Gasteiger partial charge in [-0.2, -0.15) is 8.42 Å². The van der Waals surface area contributed by atoms with E-state index in [4.69, 9.17) is 9.84 Å². The summed E-state index contributed by atoms with van der Waals surface area (Å²) in [5.41, 5.74) is -0.787. The number of hydrogen-bond donors (Lipinski definition) is 2. The van der Waals surface area contributed by atoms with E-state index in [1.54, 1.807) is 20.8 Å². The Labute approximate surface area is 105 Å². The Morgan fingerprint density at radius 2 is 1.83 bits per heavy atom. The third-order valence-corrected chi connectivity index (χ3v) is 2.00. The van der Waals surface area contributed by atoms with Crippen LogP contribution in [0.1, 0.15) is 20.8 Å². The molecule has 0 aliphatic rings. The lowest BCUT2D eigenvalue weighted by Crippen LogP contribution is -2.46. The van der Waals surface area contributed by atoms with Crippen LogP contribution in [0.5, 0.6) is 0 Å². The van der Waals surface area contributed by atoms with Crippen molar-refractivity contribution in [3.05, 3.63) is 0 Å². The molecule has 0 spiro atoms. The van der Waals surface area contributed by atoms with E-state index in [-0.39, 0.29) is 0 Å². The summed E-state index contributed by atoms with van der Waals surface area (Å²) in [5.74, 6) is -1.43. The first-order chi connectivity index (χ1) is 7.91. The summed E-state index contributed by atoms with van der Waals surface area (Å²) in [6.07, 6.45) is -0.189. The SMILES string of the molecule is CC(C)(C)OC(=O)N[C@H](COS(C)(=O)=O)C(=O)O. The molecule has 1 atom stereocenters. The highest BCUT2D eigenvalue weighted by Gasteiger charge is 2.25. The molecule has 0 fully saturated rings. The lowest BCUT2D eigenvalue weighted by Gasteiger charge is -2.21. The molecule has 0 saturated heterocycles. The predicted octanol–water partition coefficient (Wildman–Crippen LogP) is -0.0595. The van der Waals surface area contributed by atoms with E-state index >= 15 is 0 Å². The standard InChI is InChI=1S/C9H17NO7S/c1-9(2,3)17-8(13)10-6(7(11)12)5-16-18(4,14)15/h6H,5H2,1-4H3,(H,10,13)(H,11,12)/t6-/m1/s1. The van der Waals surface area contributed by atoms with Crippen molar-refractivity contribution in [1.82, 2.24) is 5.32 Å². The zero-order valence-electron chi connectivity index (χ0n) is 10.6. The van der Waals surface area contributed by atoms with E-state index in [9.17, 15) is 18.0 Å². The number of nitrogens with one attached hydrogen (secondary N) is 1. The van der Waals surface area contributed by atoms with E-state index in [1.165, 1.54) is 0 Å². The molecule has 0 aromatic heterocycles. The Hall–Kier alpha value is -1.35. The summed E-state index contributed by atoms with van der Waals surface area (Å²) in [5, 5.41) is 10.8. The van der Waals surface area contributed by atoms with Crippen molar-refractivity contribution in [2.45, 2.75) is 32.4 Å². The van der Waals surface area contributed by atoms with Crippen LogP contribution in [0, 0.1) is 0 Å².